The topological polar surface area (TPSA) is 131 Å². The van der Waals surface area contributed by atoms with Gasteiger partial charge in [0.05, 0.1) is 41.8 Å². The third-order valence-corrected chi connectivity index (χ3v) is 8.56. The zero-order valence-corrected chi connectivity index (χ0v) is 24.4. The Morgan fingerprint density at radius 3 is 2.23 bits per heavy atom. The fraction of sp³-hybridized carbons (Fsp3) is 0.240. The predicted octanol–water partition coefficient (Wildman–Crippen LogP) is 5.00. The number of carbonyl (C=O) groups is 1. The summed E-state index contributed by atoms with van der Waals surface area (Å²) in [5.41, 5.74) is 0.802. The molecule has 3 rings (SSSR count). The molecule has 0 aliphatic carbocycles. The van der Waals surface area contributed by atoms with Gasteiger partial charge in [-0.1, -0.05) is 23.2 Å². The van der Waals surface area contributed by atoms with Gasteiger partial charge in [-0.2, -0.15) is 0 Å². The third-order valence-electron chi connectivity index (χ3n) is 5.44. The van der Waals surface area contributed by atoms with Crippen molar-refractivity contribution < 1.29 is 31.1 Å². The summed E-state index contributed by atoms with van der Waals surface area (Å²) in [5.74, 6) is 0.382. The number of ether oxygens (including phenoxy) is 2. The molecule has 0 aromatic heterocycles. The number of carbonyl (C=O) groups excluding carboxylic acids is 1. The van der Waals surface area contributed by atoms with Crippen LogP contribution in [0.5, 0.6) is 11.5 Å². The van der Waals surface area contributed by atoms with Crippen LogP contribution >= 0.6 is 23.2 Å². The molecule has 39 heavy (non-hydrogen) atoms. The van der Waals surface area contributed by atoms with Gasteiger partial charge in [0.1, 0.15) is 11.5 Å². The molecule has 14 heteroatoms. The van der Waals surface area contributed by atoms with Gasteiger partial charge in [-0.25, -0.2) is 16.8 Å². The van der Waals surface area contributed by atoms with Crippen LogP contribution in [0.2, 0.25) is 10.0 Å². The molecule has 3 aromatic carbocycles. The van der Waals surface area contributed by atoms with Gasteiger partial charge in [0.2, 0.25) is 15.9 Å². The number of amides is 1. The van der Waals surface area contributed by atoms with Gasteiger partial charge >= 0.3 is 0 Å². The standard InChI is InChI=1S/C25H27Cl2N3O7S2/c1-36-19-9-13-24(37-2)22(16-19)29-39(34,35)20-10-7-18(8-11-20)28-25(31)5-4-14-30(38(3,32)33)23-15-17(26)6-12-21(23)27/h6-13,15-16,29H,4-5,14H2,1-3H3,(H,28,31). The number of methoxy groups -OCH3 is 2. The normalized spacial score (nSPS) is 11.5. The van der Waals surface area contributed by atoms with Gasteiger partial charge in [0.15, 0.2) is 0 Å². The van der Waals surface area contributed by atoms with E-state index in [1.807, 2.05) is 0 Å². The van der Waals surface area contributed by atoms with Gasteiger partial charge < -0.3 is 14.8 Å². The van der Waals surface area contributed by atoms with E-state index in [0.717, 1.165) is 10.6 Å². The van der Waals surface area contributed by atoms with E-state index in [1.165, 1.54) is 56.7 Å². The Morgan fingerprint density at radius 1 is 0.923 bits per heavy atom. The number of halogens is 2. The maximum Gasteiger partial charge on any atom is 0.262 e. The fourth-order valence-corrected chi connectivity index (χ4v) is 6.03. The summed E-state index contributed by atoms with van der Waals surface area (Å²) in [5, 5.41) is 3.21. The SMILES string of the molecule is COc1ccc(OC)c(NS(=O)(=O)c2ccc(NC(=O)CCCN(c3cc(Cl)ccc3Cl)S(C)(=O)=O)cc2)c1. The van der Waals surface area contributed by atoms with E-state index in [1.54, 1.807) is 18.2 Å². The van der Waals surface area contributed by atoms with Crippen LogP contribution in [0.1, 0.15) is 12.8 Å². The van der Waals surface area contributed by atoms with Crippen LogP contribution in [0.25, 0.3) is 0 Å². The molecular formula is C25H27Cl2N3O7S2. The van der Waals surface area contributed by atoms with E-state index >= 15 is 0 Å². The van der Waals surface area contributed by atoms with Gasteiger partial charge in [0.25, 0.3) is 10.0 Å². The first-order valence-electron chi connectivity index (χ1n) is 11.4. The van der Waals surface area contributed by atoms with Gasteiger partial charge in [-0.05, 0) is 61.0 Å². The van der Waals surface area contributed by atoms with Gasteiger partial charge in [-0.3, -0.25) is 13.8 Å². The number of anilines is 3. The van der Waals surface area contributed by atoms with Crippen LogP contribution in [-0.4, -0.2) is 49.8 Å². The Labute approximate surface area is 237 Å². The molecule has 0 bridgehead atoms. The van der Waals surface area contributed by atoms with Crippen molar-refractivity contribution in [2.24, 2.45) is 0 Å². The average Bonchev–Trinajstić information content (AvgIpc) is 2.87. The molecule has 0 fully saturated rings. The van der Waals surface area contributed by atoms with Crippen LogP contribution < -0.4 is 23.8 Å². The van der Waals surface area contributed by atoms with Crippen LogP contribution in [-0.2, 0) is 24.8 Å². The molecule has 3 aromatic rings. The number of hydrogen-bond donors (Lipinski definition) is 2. The third kappa shape index (κ3) is 8.15. The molecule has 0 heterocycles. The van der Waals surface area contributed by atoms with Crippen LogP contribution in [0.3, 0.4) is 0 Å². The zero-order valence-electron chi connectivity index (χ0n) is 21.3. The second kappa shape index (κ2) is 12.8. The maximum absolute atomic E-state index is 12.9. The molecule has 1 amide bonds. The lowest BCUT2D eigenvalue weighted by atomic mass is 10.2. The van der Waals surface area contributed by atoms with E-state index in [9.17, 15) is 21.6 Å². The molecule has 0 aliphatic heterocycles. The lowest BCUT2D eigenvalue weighted by Crippen LogP contribution is -2.31. The smallest absolute Gasteiger partial charge is 0.262 e. The van der Waals surface area contributed by atoms with Gasteiger partial charge in [0, 0.05) is 29.7 Å². The molecule has 0 atom stereocenters. The largest absolute Gasteiger partial charge is 0.497 e. The molecular weight excluding hydrogens is 589 g/mol. The Morgan fingerprint density at radius 2 is 1.62 bits per heavy atom. The molecule has 10 nitrogen and oxygen atoms in total. The first-order chi connectivity index (χ1) is 18.3. The van der Waals surface area contributed by atoms with Crippen molar-refractivity contribution >= 4 is 66.2 Å². The predicted molar refractivity (Wildman–Crippen MR) is 153 cm³/mol. The van der Waals surface area contributed by atoms with Crippen molar-refractivity contribution in [2.75, 3.05) is 41.4 Å². The minimum absolute atomic E-state index is 0.00143. The Kier molecular flexibility index (Phi) is 9.94. The number of sulfonamides is 2. The summed E-state index contributed by atoms with van der Waals surface area (Å²) in [7, 11) is -4.77. The second-order valence-corrected chi connectivity index (χ2v) is 12.7. The molecule has 0 radical (unpaired) electrons. The van der Waals surface area contributed by atoms with Crippen molar-refractivity contribution in [3.63, 3.8) is 0 Å². The van der Waals surface area contributed by atoms with Crippen molar-refractivity contribution in [3.8, 4) is 11.5 Å². The van der Waals surface area contributed by atoms with E-state index in [2.05, 4.69) is 10.0 Å². The van der Waals surface area contributed by atoms with Crippen molar-refractivity contribution in [2.45, 2.75) is 17.7 Å². The first kappa shape index (κ1) is 30.4. The number of rotatable bonds is 12. The van der Waals surface area contributed by atoms with E-state index in [-0.39, 0.29) is 46.6 Å². The Bertz CT molecular complexity index is 1550. The summed E-state index contributed by atoms with van der Waals surface area (Å²) >= 11 is 12.2. The lowest BCUT2D eigenvalue weighted by molar-refractivity contribution is -0.116. The molecule has 0 saturated heterocycles. The Balaban J connectivity index is 1.63. The maximum atomic E-state index is 12.9. The highest BCUT2D eigenvalue weighted by Gasteiger charge is 2.21. The highest BCUT2D eigenvalue weighted by molar-refractivity contribution is 7.92. The summed E-state index contributed by atoms with van der Waals surface area (Å²) in [4.78, 5) is 12.4. The summed E-state index contributed by atoms with van der Waals surface area (Å²) in [6, 6.07) is 14.8. The molecule has 2 N–H and O–H groups in total. The minimum Gasteiger partial charge on any atom is -0.497 e. The summed E-state index contributed by atoms with van der Waals surface area (Å²) < 4.78 is 64.3. The van der Waals surface area contributed by atoms with Crippen molar-refractivity contribution in [3.05, 3.63) is 70.7 Å². The Hall–Kier alpha value is -3.19. The van der Waals surface area contributed by atoms with E-state index < -0.39 is 20.0 Å². The first-order valence-corrected chi connectivity index (χ1v) is 15.5. The van der Waals surface area contributed by atoms with Crippen molar-refractivity contribution in [1.29, 1.82) is 0 Å². The quantitative estimate of drug-likeness (QED) is 0.293. The molecule has 0 aliphatic rings. The van der Waals surface area contributed by atoms with Crippen LogP contribution in [0, 0.1) is 0 Å². The minimum atomic E-state index is -3.97. The molecule has 210 valence electrons. The summed E-state index contributed by atoms with van der Waals surface area (Å²) in [6.07, 6.45) is 1.24. The molecule has 0 spiro atoms. The number of hydrogen-bond acceptors (Lipinski definition) is 7. The van der Waals surface area contributed by atoms with Crippen molar-refractivity contribution in [1.82, 2.24) is 0 Å². The monoisotopic (exact) mass is 615 g/mol. The number of nitrogens with zero attached hydrogens (tertiary/aromatic N) is 1. The summed E-state index contributed by atoms with van der Waals surface area (Å²) in [6.45, 7) is 0.00288. The van der Waals surface area contributed by atoms with Crippen LogP contribution in [0.4, 0.5) is 17.1 Å². The van der Waals surface area contributed by atoms with E-state index in [4.69, 9.17) is 32.7 Å². The zero-order chi connectivity index (χ0) is 28.8. The molecule has 0 saturated carbocycles. The highest BCUT2D eigenvalue weighted by atomic mass is 35.5. The van der Waals surface area contributed by atoms with Crippen LogP contribution in [0.15, 0.2) is 65.6 Å². The second-order valence-electron chi connectivity index (χ2n) is 8.28. The number of nitrogens with one attached hydrogen (secondary N) is 2. The van der Waals surface area contributed by atoms with Gasteiger partial charge in [-0.15, -0.1) is 0 Å². The molecule has 0 unspecified atom stereocenters. The highest BCUT2D eigenvalue weighted by Crippen LogP contribution is 2.32. The lowest BCUT2D eigenvalue weighted by Gasteiger charge is -2.23. The number of benzene rings is 3. The fourth-order valence-electron chi connectivity index (χ4n) is 3.56. The average molecular weight is 617 g/mol. The van der Waals surface area contributed by atoms with E-state index in [0.29, 0.717) is 22.2 Å².